The number of amides is 2. The van der Waals surface area contributed by atoms with E-state index in [1.807, 2.05) is 48.5 Å². The first kappa shape index (κ1) is 20.3. The molecule has 0 atom stereocenters. The van der Waals surface area contributed by atoms with Gasteiger partial charge >= 0.3 is 11.9 Å². The molecular formula is C30H15NO5. The molecule has 5 aromatic rings. The Labute approximate surface area is 204 Å². The van der Waals surface area contributed by atoms with Gasteiger partial charge in [0.05, 0.1) is 27.9 Å². The average molecular weight is 469 g/mol. The van der Waals surface area contributed by atoms with E-state index in [2.05, 4.69) is 4.74 Å². The van der Waals surface area contributed by atoms with Crippen molar-refractivity contribution in [2.45, 2.75) is 0 Å². The summed E-state index contributed by atoms with van der Waals surface area (Å²) in [5.74, 6) is -2.16. The third kappa shape index (κ3) is 2.78. The van der Waals surface area contributed by atoms with E-state index in [1.54, 1.807) is 36.4 Å². The standard InChI is InChI=1S/C30H15NO5/c32-27-21-10-8-18(19-9-11-22-25(15-19)30(35)36-29(22)34)14-24(21)28(33)31(27)26-7-3-6-20-12-16-4-1-2-5-17(16)13-23(20)26/h1-15H. The molecule has 0 fully saturated rings. The van der Waals surface area contributed by atoms with Crippen LogP contribution in [0.3, 0.4) is 0 Å². The molecule has 2 amide bonds. The van der Waals surface area contributed by atoms with Crippen LogP contribution in [0.15, 0.2) is 91.0 Å². The van der Waals surface area contributed by atoms with Gasteiger partial charge in [-0.25, -0.2) is 14.5 Å². The number of cyclic esters (lactones) is 2. The van der Waals surface area contributed by atoms with Crippen LogP contribution in [-0.2, 0) is 4.74 Å². The molecule has 6 nitrogen and oxygen atoms in total. The van der Waals surface area contributed by atoms with Crippen LogP contribution in [0.25, 0.3) is 32.7 Å². The van der Waals surface area contributed by atoms with E-state index in [0.717, 1.165) is 21.5 Å². The summed E-state index contributed by atoms with van der Waals surface area (Å²) in [6.45, 7) is 0. The van der Waals surface area contributed by atoms with Gasteiger partial charge in [0, 0.05) is 5.39 Å². The maximum Gasteiger partial charge on any atom is 0.346 e. The monoisotopic (exact) mass is 469 g/mol. The van der Waals surface area contributed by atoms with Crippen LogP contribution in [0.1, 0.15) is 41.4 Å². The van der Waals surface area contributed by atoms with Gasteiger partial charge in [0.1, 0.15) is 0 Å². The number of fused-ring (bicyclic) bond motifs is 4. The van der Waals surface area contributed by atoms with E-state index in [4.69, 9.17) is 0 Å². The third-order valence-corrected chi connectivity index (χ3v) is 6.83. The van der Waals surface area contributed by atoms with Crippen molar-refractivity contribution in [2.75, 3.05) is 4.90 Å². The average Bonchev–Trinajstić information content (AvgIpc) is 3.33. The van der Waals surface area contributed by atoms with Crippen LogP contribution >= 0.6 is 0 Å². The van der Waals surface area contributed by atoms with Gasteiger partial charge in [-0.1, -0.05) is 48.5 Å². The van der Waals surface area contributed by atoms with Crippen LogP contribution < -0.4 is 4.90 Å². The topological polar surface area (TPSA) is 80.8 Å². The van der Waals surface area contributed by atoms with Gasteiger partial charge in [-0.05, 0) is 69.8 Å². The largest absolute Gasteiger partial charge is 0.386 e. The molecule has 0 bridgehead atoms. The summed E-state index contributed by atoms with van der Waals surface area (Å²) in [6, 6.07) is 27.4. The molecule has 170 valence electrons. The minimum atomic E-state index is -0.695. The summed E-state index contributed by atoms with van der Waals surface area (Å²) in [7, 11) is 0. The number of imide groups is 1. The zero-order valence-corrected chi connectivity index (χ0v) is 18.6. The first-order valence-electron chi connectivity index (χ1n) is 11.3. The minimum Gasteiger partial charge on any atom is -0.386 e. The number of esters is 2. The molecule has 0 aromatic heterocycles. The Bertz CT molecular complexity index is 1850. The molecule has 7 rings (SSSR count). The molecule has 2 aliphatic heterocycles. The molecule has 36 heavy (non-hydrogen) atoms. The highest BCUT2D eigenvalue weighted by Gasteiger charge is 2.38. The fourth-order valence-electron chi connectivity index (χ4n) is 5.05. The van der Waals surface area contributed by atoms with Crippen molar-refractivity contribution >= 4 is 51.0 Å². The SMILES string of the molecule is O=C1OC(=O)c2cc(-c3ccc4c(c3)C(=O)N(c3cccc5cc6ccccc6cc35)C4=O)ccc21. The Balaban J connectivity index is 1.33. The lowest BCUT2D eigenvalue weighted by atomic mass is 9.97. The number of ether oxygens (including phenoxy) is 1. The van der Waals surface area contributed by atoms with E-state index in [9.17, 15) is 19.2 Å². The van der Waals surface area contributed by atoms with Crippen molar-refractivity contribution < 1.29 is 23.9 Å². The molecule has 0 saturated heterocycles. The maximum atomic E-state index is 13.6. The molecule has 0 aliphatic carbocycles. The number of nitrogens with zero attached hydrogens (tertiary/aromatic N) is 1. The van der Waals surface area contributed by atoms with Crippen LogP contribution in [0, 0.1) is 0 Å². The zero-order chi connectivity index (χ0) is 24.6. The second-order valence-corrected chi connectivity index (χ2v) is 8.84. The summed E-state index contributed by atoms with van der Waals surface area (Å²) in [5, 5.41) is 3.84. The molecular weight excluding hydrogens is 454 g/mol. The van der Waals surface area contributed by atoms with Crippen molar-refractivity contribution in [3.05, 3.63) is 113 Å². The van der Waals surface area contributed by atoms with Gasteiger partial charge < -0.3 is 4.74 Å². The van der Waals surface area contributed by atoms with E-state index in [1.165, 1.54) is 11.0 Å². The van der Waals surface area contributed by atoms with Crippen LogP contribution in [0.2, 0.25) is 0 Å². The fraction of sp³-hybridized carbons (Fsp3) is 0. The lowest BCUT2D eigenvalue weighted by Gasteiger charge is -2.17. The van der Waals surface area contributed by atoms with Crippen molar-refractivity contribution in [1.82, 2.24) is 0 Å². The second-order valence-electron chi connectivity index (χ2n) is 8.84. The Morgan fingerprint density at radius 1 is 0.500 bits per heavy atom. The minimum absolute atomic E-state index is 0.185. The Morgan fingerprint density at radius 3 is 1.89 bits per heavy atom. The third-order valence-electron chi connectivity index (χ3n) is 6.83. The summed E-state index contributed by atoms with van der Waals surface area (Å²) in [6.07, 6.45) is 0. The lowest BCUT2D eigenvalue weighted by Crippen LogP contribution is -2.29. The van der Waals surface area contributed by atoms with E-state index in [-0.39, 0.29) is 22.6 Å². The number of hydrogen-bond donors (Lipinski definition) is 0. The van der Waals surface area contributed by atoms with E-state index in [0.29, 0.717) is 22.4 Å². The molecule has 0 N–H and O–H groups in total. The normalized spacial score (nSPS) is 14.5. The predicted molar refractivity (Wildman–Crippen MR) is 134 cm³/mol. The van der Waals surface area contributed by atoms with E-state index >= 15 is 0 Å². The quantitative estimate of drug-likeness (QED) is 0.142. The second kappa shape index (κ2) is 7.20. The Kier molecular flexibility index (Phi) is 4.06. The molecule has 0 spiro atoms. The van der Waals surface area contributed by atoms with Crippen molar-refractivity contribution in [3.63, 3.8) is 0 Å². The van der Waals surface area contributed by atoms with Gasteiger partial charge in [-0.15, -0.1) is 0 Å². The van der Waals surface area contributed by atoms with Gasteiger partial charge in [-0.2, -0.15) is 0 Å². The first-order valence-corrected chi connectivity index (χ1v) is 11.3. The van der Waals surface area contributed by atoms with Gasteiger partial charge in [0.15, 0.2) is 0 Å². The highest BCUT2D eigenvalue weighted by atomic mass is 16.6. The number of benzene rings is 5. The maximum absolute atomic E-state index is 13.6. The van der Waals surface area contributed by atoms with Crippen LogP contribution in [-0.4, -0.2) is 23.8 Å². The van der Waals surface area contributed by atoms with Crippen molar-refractivity contribution in [2.24, 2.45) is 0 Å². The number of rotatable bonds is 2. The predicted octanol–water partition coefficient (Wildman–Crippen LogP) is 5.77. The molecule has 6 heteroatoms. The number of carbonyl (C=O) groups excluding carboxylic acids is 4. The molecule has 2 aliphatic rings. The highest BCUT2D eigenvalue weighted by molar-refractivity contribution is 6.36. The van der Waals surface area contributed by atoms with Crippen LogP contribution in [0.4, 0.5) is 5.69 Å². The summed E-state index contributed by atoms with van der Waals surface area (Å²) in [4.78, 5) is 51.9. The molecule has 0 saturated carbocycles. The number of carbonyl (C=O) groups is 4. The number of anilines is 1. The van der Waals surface area contributed by atoms with Crippen LogP contribution in [0.5, 0.6) is 0 Å². The summed E-state index contributed by atoms with van der Waals surface area (Å²) >= 11 is 0. The smallest absolute Gasteiger partial charge is 0.346 e. The Hall–Kier alpha value is -5.10. The highest BCUT2D eigenvalue weighted by Crippen LogP contribution is 2.37. The van der Waals surface area contributed by atoms with Gasteiger partial charge in [0.2, 0.25) is 0 Å². The molecule has 5 aromatic carbocycles. The summed E-state index contributed by atoms with van der Waals surface area (Å²) < 4.78 is 4.67. The number of hydrogen-bond acceptors (Lipinski definition) is 5. The zero-order valence-electron chi connectivity index (χ0n) is 18.6. The Morgan fingerprint density at radius 2 is 1.11 bits per heavy atom. The first-order chi connectivity index (χ1) is 17.5. The summed E-state index contributed by atoms with van der Waals surface area (Å²) in [5.41, 5.74) is 2.82. The van der Waals surface area contributed by atoms with Crippen molar-refractivity contribution in [3.8, 4) is 11.1 Å². The molecule has 2 heterocycles. The van der Waals surface area contributed by atoms with E-state index < -0.39 is 17.8 Å². The lowest BCUT2D eigenvalue weighted by molar-refractivity contribution is 0.0443. The fourth-order valence-corrected chi connectivity index (χ4v) is 5.05. The van der Waals surface area contributed by atoms with Gasteiger partial charge in [0.25, 0.3) is 11.8 Å². The molecule has 0 unspecified atom stereocenters. The van der Waals surface area contributed by atoms with Gasteiger partial charge in [-0.3, -0.25) is 9.59 Å². The molecule has 0 radical (unpaired) electrons. The van der Waals surface area contributed by atoms with Crippen molar-refractivity contribution in [1.29, 1.82) is 0 Å².